The number of aliphatic hydroxyl groups excluding tert-OH is 1. The highest BCUT2D eigenvalue weighted by molar-refractivity contribution is 7.92. The number of benzene rings is 2. The molecule has 2 aromatic rings. The van der Waals surface area contributed by atoms with E-state index in [4.69, 9.17) is 0 Å². The summed E-state index contributed by atoms with van der Waals surface area (Å²) in [5.74, 6) is -1.99. The van der Waals surface area contributed by atoms with Crippen molar-refractivity contribution in [2.24, 2.45) is 23.7 Å². The van der Waals surface area contributed by atoms with Gasteiger partial charge < -0.3 is 20.8 Å². The molecule has 1 fully saturated rings. The van der Waals surface area contributed by atoms with Gasteiger partial charge in [-0.3, -0.25) is 18.7 Å². The highest BCUT2D eigenvalue weighted by Gasteiger charge is 2.29. The second kappa shape index (κ2) is 16.0. The lowest BCUT2D eigenvalue weighted by atomic mass is 9.82. The topological polar surface area (TPSA) is 153 Å². The molecule has 0 bridgehead atoms. The van der Waals surface area contributed by atoms with Crippen molar-refractivity contribution in [3.05, 3.63) is 65.7 Å². The molecule has 2 unspecified atom stereocenters. The van der Waals surface area contributed by atoms with Crippen LogP contribution in [0.4, 0.5) is 5.69 Å². The van der Waals surface area contributed by atoms with Crippen LogP contribution < -0.4 is 14.9 Å². The number of aliphatic hydroxyl groups is 1. The summed E-state index contributed by atoms with van der Waals surface area (Å²) < 4.78 is 27.2. The van der Waals surface area contributed by atoms with Gasteiger partial charge in [0.1, 0.15) is 0 Å². The van der Waals surface area contributed by atoms with E-state index in [2.05, 4.69) is 10.6 Å². The largest absolute Gasteiger partial charge is 0.481 e. The number of hydrogen-bond donors (Lipinski definition) is 4. The molecule has 10 nitrogen and oxygen atoms in total. The molecule has 0 saturated heterocycles. The number of sulfonamides is 1. The lowest BCUT2D eigenvalue weighted by Gasteiger charge is -2.29. The second-order valence-corrected chi connectivity index (χ2v) is 14.5. The molecule has 0 spiro atoms. The first kappa shape index (κ1) is 35.0. The van der Waals surface area contributed by atoms with Crippen molar-refractivity contribution >= 4 is 33.5 Å². The molecule has 0 heterocycles. The summed E-state index contributed by atoms with van der Waals surface area (Å²) in [5.41, 5.74) is 1.26. The Bertz CT molecular complexity index is 1360. The van der Waals surface area contributed by atoms with E-state index in [1.807, 2.05) is 19.9 Å². The van der Waals surface area contributed by atoms with Crippen LogP contribution in [0.1, 0.15) is 75.2 Å². The fourth-order valence-corrected chi connectivity index (χ4v) is 6.87. The quantitative estimate of drug-likeness (QED) is 0.230. The molecule has 0 aromatic heterocycles. The number of anilines is 1. The Morgan fingerprint density at radius 1 is 0.955 bits per heavy atom. The van der Waals surface area contributed by atoms with Crippen LogP contribution in [0.2, 0.25) is 0 Å². The van der Waals surface area contributed by atoms with E-state index >= 15 is 0 Å². The molecule has 11 heteroatoms. The molecule has 3 atom stereocenters. The van der Waals surface area contributed by atoms with E-state index in [1.54, 1.807) is 49.4 Å². The molecule has 0 radical (unpaired) electrons. The van der Waals surface area contributed by atoms with E-state index in [-0.39, 0.29) is 41.4 Å². The average molecular weight is 630 g/mol. The zero-order chi connectivity index (χ0) is 32.4. The Morgan fingerprint density at radius 3 is 2.23 bits per heavy atom. The van der Waals surface area contributed by atoms with Crippen LogP contribution in [0.3, 0.4) is 0 Å². The first-order valence-corrected chi connectivity index (χ1v) is 17.0. The molecule has 4 N–H and O–H groups in total. The Kier molecular flexibility index (Phi) is 12.8. The van der Waals surface area contributed by atoms with Crippen LogP contribution in [0.25, 0.3) is 0 Å². The number of nitrogens with zero attached hydrogens (tertiary/aromatic N) is 1. The van der Waals surface area contributed by atoms with Gasteiger partial charge in [-0.2, -0.15) is 0 Å². The number of nitrogens with one attached hydrogen (secondary N) is 2. The maximum absolute atomic E-state index is 13.3. The molecular formula is C33H47N3O7S. The fourth-order valence-electron chi connectivity index (χ4n) is 5.62. The number of rotatable bonds is 15. The molecule has 2 amide bonds. The SMILES string of the molecule is CC(C)C[C@H](NC(=O)c1cccc(N(C)S(=O)(=O)Cc2ccccc2)c1)C(O)CC(C)C(=O)NCC1CCC(C(=O)O)CC1. The van der Waals surface area contributed by atoms with Gasteiger partial charge in [0.15, 0.2) is 0 Å². The third-order valence-corrected chi connectivity index (χ3v) is 10.1. The van der Waals surface area contributed by atoms with E-state index in [9.17, 15) is 33.0 Å². The molecule has 1 aliphatic rings. The van der Waals surface area contributed by atoms with Crippen molar-refractivity contribution in [1.82, 2.24) is 10.6 Å². The Balaban J connectivity index is 1.59. The van der Waals surface area contributed by atoms with Crippen molar-refractivity contribution in [3.63, 3.8) is 0 Å². The van der Waals surface area contributed by atoms with Crippen LogP contribution >= 0.6 is 0 Å². The van der Waals surface area contributed by atoms with Gasteiger partial charge in [0.25, 0.3) is 5.91 Å². The maximum Gasteiger partial charge on any atom is 0.306 e. The standard InChI is InChI=1S/C33H47N3O7S/c1-22(2)17-29(30(37)18-23(3)31(38)34-20-24-13-15-26(16-14-24)33(40)41)35-32(39)27-11-8-12-28(19-27)36(4)44(42,43)21-25-9-6-5-7-10-25/h5-12,19,22-24,26,29-30,37H,13-18,20-21H2,1-4H3,(H,34,38)(H,35,39)(H,40,41)/t23?,24?,26?,29-,30?/m0/s1. The molecule has 2 aromatic carbocycles. The number of carboxylic acids is 1. The normalized spacial score (nSPS) is 19.0. The molecule has 44 heavy (non-hydrogen) atoms. The van der Waals surface area contributed by atoms with Gasteiger partial charge in [0, 0.05) is 25.1 Å². The number of carbonyl (C=O) groups excluding carboxylic acids is 2. The summed E-state index contributed by atoms with van der Waals surface area (Å²) in [7, 11) is -2.25. The third kappa shape index (κ3) is 10.3. The van der Waals surface area contributed by atoms with Crippen molar-refractivity contribution in [2.45, 2.75) is 77.2 Å². The second-order valence-electron chi connectivity index (χ2n) is 12.5. The van der Waals surface area contributed by atoms with Crippen LogP contribution in [0, 0.1) is 23.7 Å². The zero-order valence-corrected chi connectivity index (χ0v) is 26.9. The summed E-state index contributed by atoms with van der Waals surface area (Å²) in [6.45, 7) is 6.18. The Labute approximate surface area is 261 Å². The lowest BCUT2D eigenvalue weighted by molar-refractivity contribution is -0.143. The summed E-state index contributed by atoms with van der Waals surface area (Å²) in [6.07, 6.45) is 2.39. The summed E-state index contributed by atoms with van der Waals surface area (Å²) in [6, 6.07) is 14.6. The van der Waals surface area contributed by atoms with Crippen molar-refractivity contribution in [2.75, 3.05) is 17.9 Å². The van der Waals surface area contributed by atoms with Gasteiger partial charge in [-0.25, -0.2) is 8.42 Å². The molecule has 1 saturated carbocycles. The molecule has 242 valence electrons. The minimum Gasteiger partial charge on any atom is -0.481 e. The average Bonchev–Trinajstić information content (AvgIpc) is 2.99. The number of hydrogen-bond acceptors (Lipinski definition) is 6. The van der Waals surface area contributed by atoms with Crippen LogP contribution in [0.5, 0.6) is 0 Å². The Morgan fingerprint density at radius 2 is 1.61 bits per heavy atom. The summed E-state index contributed by atoms with van der Waals surface area (Å²) in [5, 5.41) is 26.2. The molecule has 1 aliphatic carbocycles. The van der Waals surface area contributed by atoms with Crippen molar-refractivity contribution < 1.29 is 33.0 Å². The summed E-state index contributed by atoms with van der Waals surface area (Å²) in [4.78, 5) is 37.3. The van der Waals surface area contributed by atoms with E-state index in [0.29, 0.717) is 37.1 Å². The van der Waals surface area contributed by atoms with E-state index < -0.39 is 40.0 Å². The van der Waals surface area contributed by atoms with E-state index in [0.717, 1.165) is 17.1 Å². The van der Waals surface area contributed by atoms with Crippen LogP contribution in [-0.2, 0) is 25.4 Å². The van der Waals surface area contributed by atoms with Gasteiger partial charge >= 0.3 is 5.97 Å². The maximum atomic E-state index is 13.3. The highest BCUT2D eigenvalue weighted by Crippen LogP contribution is 2.28. The minimum absolute atomic E-state index is 0.149. The third-order valence-electron chi connectivity index (χ3n) is 8.39. The number of aliphatic carboxylic acids is 1. The minimum atomic E-state index is -3.70. The predicted molar refractivity (Wildman–Crippen MR) is 171 cm³/mol. The highest BCUT2D eigenvalue weighted by atomic mass is 32.2. The monoisotopic (exact) mass is 629 g/mol. The van der Waals surface area contributed by atoms with Gasteiger partial charge in [-0.05, 0) is 74.1 Å². The van der Waals surface area contributed by atoms with Gasteiger partial charge in [-0.15, -0.1) is 0 Å². The van der Waals surface area contributed by atoms with E-state index in [1.165, 1.54) is 13.1 Å². The van der Waals surface area contributed by atoms with Gasteiger partial charge in [0.2, 0.25) is 15.9 Å². The predicted octanol–water partition coefficient (Wildman–Crippen LogP) is 4.19. The molecular weight excluding hydrogens is 582 g/mol. The zero-order valence-electron chi connectivity index (χ0n) is 26.1. The Hall–Kier alpha value is -3.44. The first-order chi connectivity index (χ1) is 20.8. The number of amides is 2. The molecule has 3 rings (SSSR count). The number of carbonyl (C=O) groups is 3. The van der Waals surface area contributed by atoms with Crippen molar-refractivity contribution in [3.8, 4) is 0 Å². The lowest BCUT2D eigenvalue weighted by Crippen LogP contribution is -2.46. The van der Waals surface area contributed by atoms with Gasteiger partial charge in [0.05, 0.1) is 29.5 Å². The smallest absolute Gasteiger partial charge is 0.306 e. The summed E-state index contributed by atoms with van der Waals surface area (Å²) >= 11 is 0. The van der Waals surface area contributed by atoms with Crippen LogP contribution in [-0.4, -0.2) is 62.2 Å². The molecule has 0 aliphatic heterocycles. The van der Waals surface area contributed by atoms with Crippen molar-refractivity contribution in [1.29, 1.82) is 0 Å². The van der Waals surface area contributed by atoms with Crippen LogP contribution in [0.15, 0.2) is 54.6 Å². The number of carboxylic acid groups (broad SMARTS) is 1. The van der Waals surface area contributed by atoms with Gasteiger partial charge in [-0.1, -0.05) is 57.2 Å². The fraction of sp³-hybridized carbons (Fsp3) is 0.545. The first-order valence-electron chi connectivity index (χ1n) is 15.4.